The number of aliphatic hydroxyl groups is 1. The maximum atomic E-state index is 10.3. The molecule has 2 unspecified atom stereocenters. The van der Waals surface area contributed by atoms with Gasteiger partial charge in [0.15, 0.2) is 11.5 Å². The molecule has 0 aromatic heterocycles. The maximum Gasteiger partial charge on any atom is 0.161 e. The van der Waals surface area contributed by atoms with E-state index in [9.17, 15) is 15.0 Å². The third-order valence-electron chi connectivity index (χ3n) is 4.97. The van der Waals surface area contributed by atoms with Crippen molar-refractivity contribution >= 4 is 5.97 Å². The summed E-state index contributed by atoms with van der Waals surface area (Å²) in [5.41, 5.74) is 1.17. The number of ether oxygens (including phenoxy) is 2. The molecule has 2 atom stereocenters. The smallest absolute Gasteiger partial charge is 0.161 e. The summed E-state index contributed by atoms with van der Waals surface area (Å²) < 4.78 is 11.3. The highest BCUT2D eigenvalue weighted by atomic mass is 16.5. The van der Waals surface area contributed by atoms with Crippen molar-refractivity contribution in [3.8, 4) is 11.5 Å². The summed E-state index contributed by atoms with van der Waals surface area (Å²) in [7, 11) is 7.52. The van der Waals surface area contributed by atoms with Gasteiger partial charge in [0.2, 0.25) is 0 Å². The fourth-order valence-electron chi connectivity index (χ4n) is 3.18. The molecule has 1 aromatic rings. The third-order valence-corrected chi connectivity index (χ3v) is 4.97. The number of aliphatic carboxylic acids is 1. The standard InChI is InChI=1S/C15H26NO3.C8H16O2/c1-6-13(17)11-16(2,3)10-12-7-8-14(18-4)15(9-12)19-5;1-3-5-6-7(4-2)8(9)10/h7-9,13,17H,6,10-11H2,1-5H3;7H,3-6H2,1-2H3,(H,9,10)/q+1;/p-1. The van der Waals surface area contributed by atoms with Crippen LogP contribution in [-0.2, 0) is 11.3 Å². The fourth-order valence-corrected chi connectivity index (χ4v) is 3.18. The Balaban J connectivity index is 0.000000665. The monoisotopic (exact) mass is 411 g/mol. The SMILES string of the molecule is CCC(O)C[N+](C)(C)Cc1ccc(OC)c(OC)c1.CCCCC(CC)C(=O)[O-]. The molecule has 6 heteroatoms. The van der Waals surface area contributed by atoms with E-state index < -0.39 is 5.97 Å². The van der Waals surface area contributed by atoms with E-state index in [2.05, 4.69) is 21.0 Å². The Bertz CT molecular complexity index is 589. The van der Waals surface area contributed by atoms with Crippen molar-refractivity contribution in [3.63, 3.8) is 0 Å². The van der Waals surface area contributed by atoms with Gasteiger partial charge in [-0.25, -0.2) is 0 Å². The third kappa shape index (κ3) is 11.1. The van der Waals surface area contributed by atoms with Crippen molar-refractivity contribution in [2.24, 2.45) is 5.92 Å². The number of hydrogen-bond donors (Lipinski definition) is 1. The van der Waals surface area contributed by atoms with Crippen LogP contribution >= 0.6 is 0 Å². The topological polar surface area (TPSA) is 78.8 Å². The zero-order valence-electron chi connectivity index (χ0n) is 19.4. The van der Waals surface area contributed by atoms with Gasteiger partial charge < -0.3 is 29.0 Å². The molecule has 29 heavy (non-hydrogen) atoms. The molecule has 0 heterocycles. The maximum absolute atomic E-state index is 10.3. The van der Waals surface area contributed by atoms with Crippen LogP contribution in [0.4, 0.5) is 0 Å². The van der Waals surface area contributed by atoms with Crippen LogP contribution in [0.2, 0.25) is 0 Å². The molecule has 0 aliphatic carbocycles. The van der Waals surface area contributed by atoms with E-state index in [-0.39, 0.29) is 12.0 Å². The van der Waals surface area contributed by atoms with E-state index in [1.54, 1.807) is 14.2 Å². The first-order chi connectivity index (χ1) is 13.6. The van der Waals surface area contributed by atoms with Crippen molar-refractivity contribution in [2.75, 3.05) is 34.9 Å². The summed E-state index contributed by atoms with van der Waals surface area (Å²) in [5, 5.41) is 20.1. The van der Waals surface area contributed by atoms with E-state index >= 15 is 0 Å². The quantitative estimate of drug-likeness (QED) is 0.535. The zero-order valence-corrected chi connectivity index (χ0v) is 19.4. The van der Waals surface area contributed by atoms with Gasteiger partial charge in [0.1, 0.15) is 19.2 Å². The largest absolute Gasteiger partial charge is 0.550 e. The molecular formula is C23H41NO5. The number of methoxy groups -OCH3 is 2. The van der Waals surface area contributed by atoms with E-state index in [4.69, 9.17) is 9.47 Å². The Morgan fingerprint density at radius 2 is 1.72 bits per heavy atom. The van der Waals surface area contributed by atoms with E-state index in [0.717, 1.165) is 54.8 Å². The number of likely N-dealkylation sites (N-methyl/N-ethyl adjacent to an activating group) is 1. The van der Waals surface area contributed by atoms with Crippen molar-refractivity contribution in [1.82, 2.24) is 0 Å². The number of hydrogen-bond acceptors (Lipinski definition) is 5. The Hall–Kier alpha value is -1.79. The van der Waals surface area contributed by atoms with Crippen molar-refractivity contribution in [1.29, 1.82) is 0 Å². The van der Waals surface area contributed by atoms with E-state index in [0.29, 0.717) is 6.42 Å². The van der Waals surface area contributed by atoms with Gasteiger partial charge in [0.05, 0.1) is 28.3 Å². The molecule has 0 saturated heterocycles. The Morgan fingerprint density at radius 1 is 1.10 bits per heavy atom. The number of carboxylic acids is 1. The van der Waals surface area contributed by atoms with Gasteiger partial charge in [-0.3, -0.25) is 0 Å². The summed E-state index contributed by atoms with van der Waals surface area (Å²) in [6, 6.07) is 5.96. The number of unbranched alkanes of at least 4 members (excludes halogenated alkanes) is 1. The molecule has 0 aliphatic heterocycles. The average Bonchev–Trinajstić information content (AvgIpc) is 2.67. The first-order valence-electron chi connectivity index (χ1n) is 10.6. The Kier molecular flexibility index (Phi) is 13.4. The molecule has 0 radical (unpaired) electrons. The molecule has 0 fully saturated rings. The Morgan fingerprint density at radius 3 is 2.17 bits per heavy atom. The number of quaternary nitrogens is 1. The summed E-state index contributed by atoms with van der Waals surface area (Å²) >= 11 is 0. The number of rotatable bonds is 12. The van der Waals surface area contributed by atoms with Crippen molar-refractivity contribution < 1.29 is 29.0 Å². The van der Waals surface area contributed by atoms with Crippen LogP contribution in [0.5, 0.6) is 11.5 Å². The first-order valence-corrected chi connectivity index (χ1v) is 10.6. The molecule has 0 amide bonds. The highest BCUT2D eigenvalue weighted by molar-refractivity contribution is 5.67. The van der Waals surface area contributed by atoms with Gasteiger partial charge in [-0.05, 0) is 43.4 Å². The van der Waals surface area contributed by atoms with Gasteiger partial charge in [-0.2, -0.15) is 0 Å². The van der Waals surface area contributed by atoms with Crippen LogP contribution in [0.25, 0.3) is 0 Å². The van der Waals surface area contributed by atoms with E-state index in [1.807, 2.05) is 32.0 Å². The van der Waals surface area contributed by atoms with Gasteiger partial charge in [0, 0.05) is 11.5 Å². The fraction of sp³-hybridized carbons (Fsp3) is 0.696. The lowest BCUT2D eigenvalue weighted by molar-refractivity contribution is -0.906. The number of nitrogens with zero attached hydrogens (tertiary/aromatic N) is 1. The van der Waals surface area contributed by atoms with E-state index in [1.165, 1.54) is 5.56 Å². The summed E-state index contributed by atoms with van der Waals surface area (Å²) in [6.45, 7) is 7.53. The zero-order chi connectivity index (χ0) is 22.4. The first kappa shape index (κ1) is 27.2. The minimum atomic E-state index is -0.893. The minimum absolute atomic E-state index is 0.222. The number of aliphatic hydroxyl groups excluding tert-OH is 1. The van der Waals surface area contributed by atoms with Gasteiger partial charge in [-0.15, -0.1) is 0 Å². The Labute approximate surface area is 177 Å². The normalized spacial score (nSPS) is 13.1. The van der Waals surface area contributed by atoms with Gasteiger partial charge >= 0.3 is 0 Å². The lowest BCUT2D eigenvalue weighted by Crippen LogP contribution is -2.44. The minimum Gasteiger partial charge on any atom is -0.550 e. The number of carbonyl (C=O) groups is 1. The van der Waals surface area contributed by atoms with Crippen molar-refractivity contribution in [2.45, 2.75) is 65.5 Å². The van der Waals surface area contributed by atoms with Crippen LogP contribution in [0.15, 0.2) is 18.2 Å². The molecule has 0 saturated carbocycles. The molecular weight excluding hydrogens is 370 g/mol. The molecule has 6 nitrogen and oxygen atoms in total. The molecule has 1 aromatic carbocycles. The molecule has 0 bridgehead atoms. The molecule has 1 N–H and O–H groups in total. The lowest BCUT2D eigenvalue weighted by Gasteiger charge is -2.31. The molecule has 168 valence electrons. The number of carbonyl (C=O) groups excluding carboxylic acids is 1. The average molecular weight is 412 g/mol. The van der Waals surface area contributed by atoms with Crippen molar-refractivity contribution in [3.05, 3.63) is 23.8 Å². The van der Waals surface area contributed by atoms with Gasteiger partial charge in [-0.1, -0.05) is 33.6 Å². The van der Waals surface area contributed by atoms with Crippen LogP contribution in [0, 0.1) is 5.92 Å². The second kappa shape index (κ2) is 14.2. The highest BCUT2D eigenvalue weighted by Crippen LogP contribution is 2.28. The summed E-state index contributed by atoms with van der Waals surface area (Å²) in [5.74, 6) is 0.372. The molecule has 0 spiro atoms. The predicted octanol–water partition coefficient (Wildman–Crippen LogP) is 3.00. The lowest BCUT2D eigenvalue weighted by atomic mass is 10.00. The number of carboxylic acid groups (broad SMARTS) is 1. The van der Waals surface area contributed by atoms with Crippen LogP contribution in [-0.4, -0.2) is 56.5 Å². The highest BCUT2D eigenvalue weighted by Gasteiger charge is 2.20. The second-order valence-corrected chi connectivity index (χ2v) is 8.09. The number of benzene rings is 1. The van der Waals surface area contributed by atoms with Crippen LogP contribution < -0.4 is 14.6 Å². The predicted molar refractivity (Wildman–Crippen MR) is 115 cm³/mol. The molecule has 0 aliphatic rings. The second-order valence-electron chi connectivity index (χ2n) is 8.09. The van der Waals surface area contributed by atoms with Gasteiger partial charge in [0.25, 0.3) is 0 Å². The summed E-state index contributed by atoms with van der Waals surface area (Å²) in [4.78, 5) is 10.3. The van der Waals surface area contributed by atoms with Crippen LogP contribution in [0.1, 0.15) is 58.4 Å². The molecule has 1 rings (SSSR count). The summed E-state index contributed by atoms with van der Waals surface area (Å²) in [6.07, 6.45) is 4.05. The van der Waals surface area contributed by atoms with Crippen LogP contribution in [0.3, 0.4) is 0 Å².